The van der Waals surface area contributed by atoms with Crippen LogP contribution >= 0.6 is 0 Å². The van der Waals surface area contributed by atoms with Crippen molar-refractivity contribution in [3.8, 4) is 0 Å². The van der Waals surface area contributed by atoms with Gasteiger partial charge in [-0.2, -0.15) is 0 Å². The van der Waals surface area contributed by atoms with Crippen molar-refractivity contribution in [3.63, 3.8) is 0 Å². The van der Waals surface area contributed by atoms with Gasteiger partial charge in [0.25, 0.3) is 0 Å². The van der Waals surface area contributed by atoms with E-state index in [2.05, 4.69) is 9.97 Å². The number of nitrogens with zero attached hydrogens (tertiary/aromatic N) is 3. The van der Waals surface area contributed by atoms with Gasteiger partial charge >= 0.3 is 0 Å². The Morgan fingerprint density at radius 1 is 1.33 bits per heavy atom. The van der Waals surface area contributed by atoms with E-state index in [1.807, 2.05) is 24.8 Å². The van der Waals surface area contributed by atoms with Crippen LogP contribution in [0.15, 0.2) is 18.6 Å². The SMILES string of the molecule is CC.O=C1CCCCN1CCCc1ccncn1. The van der Waals surface area contributed by atoms with Crippen molar-refractivity contribution >= 4 is 5.91 Å². The molecule has 0 aromatic carbocycles. The lowest BCUT2D eigenvalue weighted by Gasteiger charge is -2.26. The molecule has 0 aliphatic carbocycles. The fourth-order valence-corrected chi connectivity index (χ4v) is 2.02. The molecule has 1 aliphatic heterocycles. The van der Waals surface area contributed by atoms with Gasteiger partial charge in [-0.05, 0) is 31.7 Å². The number of amides is 1. The lowest BCUT2D eigenvalue weighted by Crippen LogP contribution is -2.36. The van der Waals surface area contributed by atoms with Gasteiger partial charge in [0.15, 0.2) is 0 Å². The van der Waals surface area contributed by atoms with E-state index in [1.54, 1.807) is 12.5 Å². The van der Waals surface area contributed by atoms with Gasteiger partial charge in [-0.1, -0.05) is 13.8 Å². The van der Waals surface area contributed by atoms with Crippen molar-refractivity contribution in [1.82, 2.24) is 14.9 Å². The first-order valence-electron chi connectivity index (χ1n) is 6.89. The molecular formula is C14H23N3O. The zero-order chi connectivity index (χ0) is 13.2. The van der Waals surface area contributed by atoms with Crippen molar-refractivity contribution in [2.24, 2.45) is 0 Å². The molecule has 2 rings (SSSR count). The number of hydrogen-bond acceptors (Lipinski definition) is 3. The highest BCUT2D eigenvalue weighted by atomic mass is 16.2. The predicted octanol–water partition coefficient (Wildman–Crippen LogP) is 2.45. The lowest BCUT2D eigenvalue weighted by molar-refractivity contribution is -0.133. The molecule has 0 radical (unpaired) electrons. The summed E-state index contributed by atoms with van der Waals surface area (Å²) in [6.07, 6.45) is 8.18. The van der Waals surface area contributed by atoms with Crippen LogP contribution in [-0.2, 0) is 11.2 Å². The number of likely N-dealkylation sites (tertiary alicyclic amines) is 1. The van der Waals surface area contributed by atoms with E-state index in [0.717, 1.165) is 50.9 Å². The smallest absolute Gasteiger partial charge is 0.222 e. The topological polar surface area (TPSA) is 46.1 Å². The van der Waals surface area contributed by atoms with Crippen LogP contribution < -0.4 is 0 Å². The van der Waals surface area contributed by atoms with E-state index in [-0.39, 0.29) is 0 Å². The van der Waals surface area contributed by atoms with Gasteiger partial charge in [-0.3, -0.25) is 4.79 Å². The fourth-order valence-electron chi connectivity index (χ4n) is 2.02. The highest BCUT2D eigenvalue weighted by molar-refractivity contribution is 5.76. The minimum atomic E-state index is 0.314. The van der Waals surface area contributed by atoms with Crippen molar-refractivity contribution < 1.29 is 4.79 Å². The second kappa shape index (κ2) is 8.61. The van der Waals surface area contributed by atoms with E-state index in [4.69, 9.17) is 0 Å². The third kappa shape index (κ3) is 4.82. The van der Waals surface area contributed by atoms with E-state index in [0.29, 0.717) is 5.91 Å². The van der Waals surface area contributed by atoms with Crippen LogP contribution in [0.3, 0.4) is 0 Å². The summed E-state index contributed by atoms with van der Waals surface area (Å²) in [6, 6.07) is 1.93. The standard InChI is InChI=1S/C12H17N3O.C2H6/c16-12-5-1-2-8-15(12)9-3-4-11-6-7-13-10-14-11;1-2/h6-7,10H,1-5,8-9H2;1-2H3. The molecule has 1 saturated heterocycles. The van der Waals surface area contributed by atoms with Crippen molar-refractivity contribution in [2.75, 3.05) is 13.1 Å². The molecule has 0 N–H and O–H groups in total. The van der Waals surface area contributed by atoms with Crippen LogP contribution in [0.5, 0.6) is 0 Å². The minimum Gasteiger partial charge on any atom is -0.343 e. The van der Waals surface area contributed by atoms with Crippen molar-refractivity contribution in [1.29, 1.82) is 0 Å². The molecule has 2 heterocycles. The molecule has 4 heteroatoms. The molecule has 1 aliphatic rings. The number of carbonyl (C=O) groups excluding carboxylic acids is 1. The quantitative estimate of drug-likeness (QED) is 0.823. The second-order valence-corrected chi connectivity index (χ2v) is 4.14. The average Bonchev–Trinajstić information content (AvgIpc) is 2.44. The van der Waals surface area contributed by atoms with Gasteiger partial charge in [0.2, 0.25) is 5.91 Å². The van der Waals surface area contributed by atoms with E-state index in [9.17, 15) is 4.79 Å². The lowest BCUT2D eigenvalue weighted by atomic mass is 10.1. The largest absolute Gasteiger partial charge is 0.343 e. The molecule has 4 nitrogen and oxygen atoms in total. The molecule has 0 unspecified atom stereocenters. The molecule has 1 amide bonds. The van der Waals surface area contributed by atoms with Crippen LogP contribution in [-0.4, -0.2) is 33.9 Å². The van der Waals surface area contributed by atoms with Gasteiger partial charge in [-0.25, -0.2) is 9.97 Å². The predicted molar refractivity (Wildman–Crippen MR) is 72.1 cm³/mol. The Labute approximate surface area is 109 Å². The summed E-state index contributed by atoms with van der Waals surface area (Å²) in [4.78, 5) is 21.6. The van der Waals surface area contributed by atoms with E-state index >= 15 is 0 Å². The number of aromatic nitrogens is 2. The first kappa shape index (κ1) is 14.6. The highest BCUT2D eigenvalue weighted by Crippen LogP contribution is 2.11. The Hall–Kier alpha value is -1.45. The van der Waals surface area contributed by atoms with Gasteiger partial charge in [0.1, 0.15) is 6.33 Å². The summed E-state index contributed by atoms with van der Waals surface area (Å²) in [7, 11) is 0. The first-order valence-corrected chi connectivity index (χ1v) is 6.89. The van der Waals surface area contributed by atoms with Crippen LogP contribution in [0, 0.1) is 0 Å². The number of piperidine rings is 1. The number of carbonyl (C=O) groups is 1. The third-order valence-corrected chi connectivity index (χ3v) is 2.93. The summed E-state index contributed by atoms with van der Waals surface area (Å²) in [6.45, 7) is 5.80. The Morgan fingerprint density at radius 2 is 2.17 bits per heavy atom. The first-order chi connectivity index (χ1) is 8.86. The molecule has 1 aromatic rings. The average molecular weight is 249 g/mol. The molecular weight excluding hydrogens is 226 g/mol. The highest BCUT2D eigenvalue weighted by Gasteiger charge is 2.16. The molecule has 0 atom stereocenters. The van der Waals surface area contributed by atoms with E-state index in [1.165, 1.54) is 0 Å². The van der Waals surface area contributed by atoms with Gasteiger partial charge < -0.3 is 4.90 Å². The maximum atomic E-state index is 11.5. The number of rotatable bonds is 4. The molecule has 0 saturated carbocycles. The Morgan fingerprint density at radius 3 is 2.83 bits per heavy atom. The molecule has 1 aromatic heterocycles. The minimum absolute atomic E-state index is 0.314. The monoisotopic (exact) mass is 249 g/mol. The van der Waals surface area contributed by atoms with Crippen molar-refractivity contribution in [2.45, 2.75) is 46.0 Å². The van der Waals surface area contributed by atoms with Gasteiger partial charge in [0, 0.05) is 31.4 Å². The molecule has 1 fully saturated rings. The Balaban J connectivity index is 0.000000771. The normalized spacial score (nSPS) is 15.0. The summed E-state index contributed by atoms with van der Waals surface area (Å²) >= 11 is 0. The zero-order valence-electron chi connectivity index (χ0n) is 11.4. The van der Waals surface area contributed by atoms with Gasteiger partial charge in [0.05, 0.1) is 0 Å². The van der Waals surface area contributed by atoms with Crippen molar-refractivity contribution in [3.05, 3.63) is 24.3 Å². The molecule has 0 bridgehead atoms. The summed E-state index contributed by atoms with van der Waals surface area (Å²) < 4.78 is 0. The Kier molecular flexibility index (Phi) is 6.99. The molecule has 0 spiro atoms. The second-order valence-electron chi connectivity index (χ2n) is 4.14. The van der Waals surface area contributed by atoms with Crippen LogP contribution in [0.1, 0.15) is 45.2 Å². The van der Waals surface area contributed by atoms with Gasteiger partial charge in [-0.15, -0.1) is 0 Å². The van der Waals surface area contributed by atoms with Crippen LogP contribution in [0.25, 0.3) is 0 Å². The summed E-state index contributed by atoms with van der Waals surface area (Å²) in [5, 5.41) is 0. The maximum absolute atomic E-state index is 11.5. The van der Waals surface area contributed by atoms with Crippen LogP contribution in [0.2, 0.25) is 0 Å². The zero-order valence-corrected chi connectivity index (χ0v) is 11.4. The maximum Gasteiger partial charge on any atom is 0.222 e. The van der Waals surface area contributed by atoms with E-state index < -0.39 is 0 Å². The fraction of sp³-hybridized carbons (Fsp3) is 0.643. The number of aryl methyl sites for hydroxylation is 1. The molecule has 100 valence electrons. The Bertz CT molecular complexity index is 340. The number of hydrogen-bond donors (Lipinski definition) is 0. The molecule has 18 heavy (non-hydrogen) atoms. The van der Waals surface area contributed by atoms with Crippen LogP contribution in [0.4, 0.5) is 0 Å². The summed E-state index contributed by atoms with van der Waals surface area (Å²) in [5.74, 6) is 0.314. The third-order valence-electron chi connectivity index (χ3n) is 2.93. The summed E-state index contributed by atoms with van der Waals surface area (Å²) in [5.41, 5.74) is 1.06.